The van der Waals surface area contributed by atoms with Gasteiger partial charge in [0.1, 0.15) is 11.8 Å². The van der Waals surface area contributed by atoms with Crippen molar-refractivity contribution in [1.82, 2.24) is 20.4 Å². The van der Waals surface area contributed by atoms with Crippen molar-refractivity contribution in [2.24, 2.45) is 0 Å². The zero-order valence-corrected chi connectivity index (χ0v) is 13.9. The Balaban J connectivity index is 1.62. The predicted molar refractivity (Wildman–Crippen MR) is 88.5 cm³/mol. The van der Waals surface area contributed by atoms with Gasteiger partial charge in [-0.25, -0.2) is 4.79 Å². The van der Waals surface area contributed by atoms with Crippen molar-refractivity contribution in [2.75, 3.05) is 13.7 Å². The van der Waals surface area contributed by atoms with Gasteiger partial charge in [-0.3, -0.25) is 4.68 Å². The Morgan fingerprint density at radius 2 is 2.33 bits per heavy atom. The van der Waals surface area contributed by atoms with Crippen LogP contribution in [0.4, 0.5) is 4.79 Å². The van der Waals surface area contributed by atoms with Gasteiger partial charge in [-0.15, -0.1) is 0 Å². The lowest BCUT2D eigenvalue weighted by Gasteiger charge is -2.32. The van der Waals surface area contributed by atoms with E-state index in [1.807, 2.05) is 23.0 Å². The highest BCUT2D eigenvalue weighted by Gasteiger charge is 2.29. The number of hydrogen-bond acceptors (Lipinski definition) is 4. The first-order valence-corrected chi connectivity index (χ1v) is 8.36. The first-order chi connectivity index (χ1) is 11.8. The summed E-state index contributed by atoms with van der Waals surface area (Å²) >= 11 is 0. The molecular formula is C17H24N4O3. The summed E-state index contributed by atoms with van der Waals surface area (Å²) in [6.07, 6.45) is 9.56. The Labute approximate surface area is 141 Å². The molecule has 24 heavy (non-hydrogen) atoms. The number of carbonyl (C=O) groups is 1. The molecule has 0 radical (unpaired) electrons. The van der Waals surface area contributed by atoms with Gasteiger partial charge >= 0.3 is 6.03 Å². The molecule has 130 valence electrons. The average Bonchev–Trinajstić information content (AvgIpc) is 3.29. The molecule has 0 bridgehead atoms. The van der Waals surface area contributed by atoms with Gasteiger partial charge in [0.2, 0.25) is 0 Å². The van der Waals surface area contributed by atoms with Crippen molar-refractivity contribution in [3.8, 4) is 0 Å². The number of furan rings is 1. The van der Waals surface area contributed by atoms with Crippen LogP contribution in [0, 0.1) is 0 Å². The minimum atomic E-state index is -0.309. The second kappa shape index (κ2) is 8.01. The van der Waals surface area contributed by atoms with Crippen molar-refractivity contribution in [3.05, 3.63) is 42.6 Å². The Morgan fingerprint density at radius 3 is 3.04 bits per heavy atom. The van der Waals surface area contributed by atoms with Crippen LogP contribution in [0.15, 0.2) is 41.3 Å². The number of carbonyl (C=O) groups excluding carboxylic acids is 1. The molecule has 0 saturated heterocycles. The number of hydrogen-bond donors (Lipinski definition) is 2. The van der Waals surface area contributed by atoms with Crippen LogP contribution < -0.4 is 10.6 Å². The summed E-state index contributed by atoms with van der Waals surface area (Å²) in [5, 5.41) is 10.4. The molecule has 1 aliphatic rings. The Kier molecular flexibility index (Phi) is 5.53. The van der Waals surface area contributed by atoms with E-state index in [1.54, 1.807) is 25.6 Å². The summed E-state index contributed by atoms with van der Waals surface area (Å²) in [4.78, 5) is 12.5. The molecule has 7 nitrogen and oxygen atoms in total. The van der Waals surface area contributed by atoms with Crippen molar-refractivity contribution in [2.45, 2.75) is 43.8 Å². The Hall–Kier alpha value is -2.28. The summed E-state index contributed by atoms with van der Waals surface area (Å²) in [6.45, 7) is 0.355. The van der Waals surface area contributed by atoms with Crippen LogP contribution in [0.3, 0.4) is 0 Å². The second-order valence-corrected chi connectivity index (χ2v) is 6.09. The molecule has 0 aromatic carbocycles. The van der Waals surface area contributed by atoms with Gasteiger partial charge in [-0.05, 0) is 31.0 Å². The highest BCUT2D eigenvalue weighted by Crippen LogP contribution is 2.28. The lowest BCUT2D eigenvalue weighted by atomic mass is 9.90. The van der Waals surface area contributed by atoms with Gasteiger partial charge in [-0.2, -0.15) is 5.10 Å². The van der Waals surface area contributed by atoms with Crippen molar-refractivity contribution < 1.29 is 13.9 Å². The van der Waals surface area contributed by atoms with E-state index in [4.69, 9.17) is 9.15 Å². The smallest absolute Gasteiger partial charge is 0.315 e. The first kappa shape index (κ1) is 16.6. The van der Waals surface area contributed by atoms with Crippen LogP contribution >= 0.6 is 0 Å². The van der Waals surface area contributed by atoms with Gasteiger partial charge in [0.15, 0.2) is 0 Å². The molecule has 0 spiro atoms. The van der Waals surface area contributed by atoms with E-state index in [-0.39, 0.29) is 24.2 Å². The number of nitrogens with one attached hydrogen (secondary N) is 2. The van der Waals surface area contributed by atoms with Crippen molar-refractivity contribution >= 4 is 6.03 Å². The average molecular weight is 332 g/mol. The largest absolute Gasteiger partial charge is 0.467 e. The third-order valence-corrected chi connectivity index (χ3v) is 4.44. The number of methoxy groups -OCH3 is 1. The molecule has 2 aromatic rings. The van der Waals surface area contributed by atoms with E-state index in [0.29, 0.717) is 12.4 Å². The first-order valence-electron chi connectivity index (χ1n) is 8.36. The number of rotatable bonds is 6. The molecule has 0 aliphatic heterocycles. The maximum atomic E-state index is 12.5. The summed E-state index contributed by atoms with van der Waals surface area (Å²) in [5.41, 5.74) is 0. The van der Waals surface area contributed by atoms with Gasteiger partial charge in [0.25, 0.3) is 0 Å². The van der Waals surface area contributed by atoms with Crippen LogP contribution in [0.25, 0.3) is 0 Å². The fourth-order valence-electron chi connectivity index (χ4n) is 3.29. The molecule has 2 aromatic heterocycles. The molecule has 7 heteroatoms. The molecular weight excluding hydrogens is 308 g/mol. The van der Waals surface area contributed by atoms with E-state index in [2.05, 4.69) is 15.7 Å². The highest BCUT2D eigenvalue weighted by molar-refractivity contribution is 5.74. The van der Waals surface area contributed by atoms with E-state index in [1.165, 1.54) is 0 Å². The molecule has 0 unspecified atom stereocenters. The fraction of sp³-hybridized carbons (Fsp3) is 0.529. The van der Waals surface area contributed by atoms with E-state index in [9.17, 15) is 4.79 Å². The summed E-state index contributed by atoms with van der Waals surface area (Å²) in [5.74, 6) is 0.680. The number of ether oxygens (including phenoxy) is 1. The zero-order chi connectivity index (χ0) is 16.8. The van der Waals surface area contributed by atoms with Crippen LogP contribution in [0.2, 0.25) is 0 Å². The predicted octanol–water partition coefficient (Wildman–Crippen LogP) is 2.65. The quantitative estimate of drug-likeness (QED) is 0.852. The van der Waals surface area contributed by atoms with Crippen LogP contribution in [0.1, 0.15) is 43.5 Å². The van der Waals surface area contributed by atoms with E-state index < -0.39 is 0 Å². The SMILES string of the molecule is COC[C@H](NC(=O)N[C@@H]1CCCC[C@H]1n1cccn1)c1ccco1. The van der Waals surface area contributed by atoms with Crippen LogP contribution in [0.5, 0.6) is 0 Å². The number of urea groups is 1. The van der Waals surface area contributed by atoms with E-state index >= 15 is 0 Å². The summed E-state index contributed by atoms with van der Waals surface area (Å²) in [7, 11) is 1.60. The molecule has 2 heterocycles. The van der Waals surface area contributed by atoms with Gasteiger partial charge in [-0.1, -0.05) is 12.8 Å². The van der Waals surface area contributed by atoms with Gasteiger partial charge < -0.3 is 19.8 Å². The summed E-state index contributed by atoms with van der Waals surface area (Å²) < 4.78 is 12.5. The summed E-state index contributed by atoms with van der Waals surface area (Å²) in [6, 6.07) is 5.29. The van der Waals surface area contributed by atoms with Crippen molar-refractivity contribution in [1.29, 1.82) is 0 Å². The normalized spacial score (nSPS) is 22.0. The molecule has 2 N–H and O–H groups in total. The monoisotopic (exact) mass is 332 g/mol. The fourth-order valence-corrected chi connectivity index (χ4v) is 3.29. The van der Waals surface area contributed by atoms with Gasteiger partial charge in [0.05, 0.1) is 25.0 Å². The third-order valence-electron chi connectivity index (χ3n) is 4.44. The van der Waals surface area contributed by atoms with Crippen LogP contribution in [-0.4, -0.2) is 35.6 Å². The minimum absolute atomic E-state index is 0.0680. The van der Waals surface area contributed by atoms with E-state index in [0.717, 1.165) is 25.7 Å². The maximum Gasteiger partial charge on any atom is 0.315 e. The molecule has 3 rings (SSSR count). The van der Waals surface area contributed by atoms with Gasteiger partial charge in [0, 0.05) is 19.5 Å². The molecule has 1 aliphatic carbocycles. The topological polar surface area (TPSA) is 81.3 Å². The lowest BCUT2D eigenvalue weighted by Crippen LogP contribution is -2.48. The van der Waals surface area contributed by atoms with Crippen molar-refractivity contribution in [3.63, 3.8) is 0 Å². The second-order valence-electron chi connectivity index (χ2n) is 6.09. The third kappa shape index (κ3) is 3.97. The highest BCUT2D eigenvalue weighted by atomic mass is 16.5. The van der Waals surface area contributed by atoms with Crippen LogP contribution in [-0.2, 0) is 4.74 Å². The molecule has 2 amide bonds. The Bertz CT molecular complexity index is 612. The molecule has 1 fully saturated rings. The minimum Gasteiger partial charge on any atom is -0.467 e. The molecule has 3 atom stereocenters. The number of aromatic nitrogens is 2. The zero-order valence-electron chi connectivity index (χ0n) is 13.9. The number of amides is 2. The lowest BCUT2D eigenvalue weighted by molar-refractivity contribution is 0.154. The molecule has 1 saturated carbocycles. The number of nitrogens with zero attached hydrogens (tertiary/aromatic N) is 2. The Morgan fingerprint density at radius 1 is 1.46 bits per heavy atom. The standard InChI is InChI=1S/C17H24N4O3/c1-23-12-14(16-8-4-11-24-16)20-17(22)19-13-6-2-3-7-15(13)21-10-5-9-18-21/h4-5,8-11,13-15H,2-3,6-7,12H2,1H3,(H2,19,20,22)/t13-,14+,15-/m1/s1. The maximum absolute atomic E-state index is 12.5.